The highest BCUT2D eigenvalue weighted by Crippen LogP contribution is 2.17. The Labute approximate surface area is 89.9 Å². The summed E-state index contributed by atoms with van der Waals surface area (Å²) in [6.45, 7) is 3.96. The van der Waals surface area contributed by atoms with E-state index >= 15 is 0 Å². The number of rotatable bonds is 4. The van der Waals surface area contributed by atoms with Crippen molar-refractivity contribution in [3.63, 3.8) is 0 Å². The number of nitrogens with zero attached hydrogens (tertiary/aromatic N) is 5. The second-order valence-electron chi connectivity index (χ2n) is 4.46. The van der Waals surface area contributed by atoms with Crippen LogP contribution in [0.5, 0.6) is 0 Å². The molecule has 0 radical (unpaired) electrons. The lowest BCUT2D eigenvalue weighted by Gasteiger charge is -2.36. The predicted molar refractivity (Wildman–Crippen MR) is 56.3 cm³/mol. The first-order valence-electron chi connectivity index (χ1n) is 4.92. The number of tetrazole rings is 1. The summed E-state index contributed by atoms with van der Waals surface area (Å²) in [6, 6.07) is 0. The molecule has 1 atom stereocenters. The van der Waals surface area contributed by atoms with Gasteiger partial charge in [0.2, 0.25) is 0 Å². The highest BCUT2D eigenvalue weighted by atomic mass is 16.3. The molecule has 0 aliphatic heterocycles. The van der Waals surface area contributed by atoms with Crippen LogP contribution < -0.4 is 0 Å². The summed E-state index contributed by atoms with van der Waals surface area (Å²) in [6.07, 6.45) is -0.101. The Kier molecular flexibility index (Phi) is 3.41. The van der Waals surface area contributed by atoms with Gasteiger partial charge in [-0.05, 0) is 33.2 Å². The van der Waals surface area contributed by atoms with Crippen molar-refractivity contribution in [3.05, 3.63) is 5.82 Å². The molecule has 0 bridgehead atoms. The van der Waals surface area contributed by atoms with Crippen molar-refractivity contribution in [3.8, 4) is 0 Å². The zero-order chi connectivity index (χ0) is 11.6. The van der Waals surface area contributed by atoms with Gasteiger partial charge in [0.1, 0.15) is 0 Å². The van der Waals surface area contributed by atoms with Crippen LogP contribution >= 0.6 is 0 Å². The number of aryl methyl sites for hydroxylation is 1. The molecule has 0 saturated heterocycles. The Bertz CT molecular complexity index is 320. The van der Waals surface area contributed by atoms with Crippen molar-refractivity contribution in [2.45, 2.75) is 31.9 Å². The number of hydrogen-bond donors (Lipinski definition) is 1. The van der Waals surface area contributed by atoms with E-state index in [9.17, 15) is 5.11 Å². The molecule has 0 aliphatic carbocycles. The first-order chi connectivity index (χ1) is 6.84. The second kappa shape index (κ2) is 4.24. The van der Waals surface area contributed by atoms with Crippen molar-refractivity contribution >= 4 is 0 Å². The second-order valence-corrected chi connectivity index (χ2v) is 4.46. The van der Waals surface area contributed by atoms with Gasteiger partial charge in [0.05, 0.1) is 13.2 Å². The van der Waals surface area contributed by atoms with Crippen molar-refractivity contribution < 1.29 is 5.11 Å². The van der Waals surface area contributed by atoms with E-state index in [1.54, 1.807) is 7.05 Å². The summed E-state index contributed by atoms with van der Waals surface area (Å²) < 4.78 is 0. The molecule has 1 aromatic heterocycles. The molecule has 1 aromatic rings. The lowest BCUT2D eigenvalue weighted by molar-refractivity contribution is 0.0170. The molecule has 0 amide bonds. The molecule has 1 N–H and O–H groups in total. The largest absolute Gasteiger partial charge is 0.391 e. The summed E-state index contributed by atoms with van der Waals surface area (Å²) in [4.78, 5) is 3.37. The van der Waals surface area contributed by atoms with Crippen molar-refractivity contribution in [1.82, 2.24) is 25.1 Å². The maximum atomic E-state index is 10.1. The van der Waals surface area contributed by atoms with E-state index < -0.39 is 6.10 Å². The van der Waals surface area contributed by atoms with E-state index in [2.05, 4.69) is 15.4 Å². The van der Waals surface area contributed by atoms with Gasteiger partial charge in [-0.3, -0.25) is 0 Å². The average molecular weight is 213 g/mol. The molecule has 86 valence electrons. The summed E-state index contributed by atoms with van der Waals surface area (Å²) in [5.41, 5.74) is -0.306. The summed E-state index contributed by atoms with van der Waals surface area (Å²) in [5, 5.41) is 21.7. The first-order valence-corrected chi connectivity index (χ1v) is 4.92. The minimum Gasteiger partial charge on any atom is -0.391 e. The van der Waals surface area contributed by atoms with Gasteiger partial charge in [-0.15, -0.1) is 10.2 Å². The van der Waals surface area contributed by atoms with Crippen LogP contribution in [0.3, 0.4) is 0 Å². The van der Waals surface area contributed by atoms with Gasteiger partial charge in [-0.2, -0.15) is 4.80 Å². The van der Waals surface area contributed by atoms with Crippen molar-refractivity contribution in [2.24, 2.45) is 7.05 Å². The van der Waals surface area contributed by atoms with Crippen molar-refractivity contribution in [1.29, 1.82) is 0 Å². The van der Waals surface area contributed by atoms with Gasteiger partial charge >= 0.3 is 0 Å². The topological polar surface area (TPSA) is 67.1 Å². The molecule has 0 fully saturated rings. The Morgan fingerprint density at radius 3 is 2.47 bits per heavy atom. The quantitative estimate of drug-likeness (QED) is 0.727. The third kappa shape index (κ3) is 2.73. The molecule has 1 rings (SSSR count). The molecular weight excluding hydrogens is 194 g/mol. The lowest BCUT2D eigenvalue weighted by Crippen LogP contribution is -2.49. The number of hydrogen-bond acceptors (Lipinski definition) is 5. The third-order valence-corrected chi connectivity index (χ3v) is 2.89. The maximum absolute atomic E-state index is 10.1. The van der Waals surface area contributed by atoms with E-state index in [0.29, 0.717) is 12.2 Å². The van der Waals surface area contributed by atoms with Gasteiger partial charge in [0.25, 0.3) is 0 Å². The van der Waals surface area contributed by atoms with E-state index in [-0.39, 0.29) is 5.54 Å². The number of likely N-dealkylation sites (N-methyl/N-ethyl adjacent to an activating group) is 1. The van der Waals surface area contributed by atoms with Gasteiger partial charge in [-0.1, -0.05) is 0 Å². The highest BCUT2D eigenvalue weighted by molar-refractivity contribution is 4.92. The van der Waals surface area contributed by atoms with Crippen LogP contribution in [-0.2, 0) is 13.5 Å². The van der Waals surface area contributed by atoms with Crippen LogP contribution in [0.4, 0.5) is 0 Å². The summed E-state index contributed by atoms with van der Waals surface area (Å²) in [5.74, 6) is 0.569. The van der Waals surface area contributed by atoms with E-state index in [1.807, 2.05) is 32.8 Å². The zero-order valence-corrected chi connectivity index (χ0v) is 9.97. The van der Waals surface area contributed by atoms with E-state index in [0.717, 1.165) is 0 Å². The van der Waals surface area contributed by atoms with Crippen LogP contribution in [0, 0.1) is 0 Å². The molecule has 15 heavy (non-hydrogen) atoms. The third-order valence-electron chi connectivity index (χ3n) is 2.89. The van der Waals surface area contributed by atoms with Crippen LogP contribution in [0.15, 0.2) is 0 Å². The van der Waals surface area contributed by atoms with E-state index in [1.165, 1.54) is 4.80 Å². The standard InChI is InChI=1S/C9H19N5O/c1-9(2,13(3)4)7(15)6-8-10-12-14(5)11-8/h7,15H,6H2,1-5H3. The SMILES string of the molecule is CN(C)C(C)(C)C(O)Cc1nnn(C)n1. The summed E-state index contributed by atoms with van der Waals surface area (Å²) in [7, 11) is 5.58. The molecule has 0 saturated carbocycles. The van der Waals surface area contributed by atoms with Gasteiger partial charge in [-0.25, -0.2) is 0 Å². The van der Waals surface area contributed by atoms with Crippen molar-refractivity contribution in [2.75, 3.05) is 14.1 Å². The van der Waals surface area contributed by atoms with Crippen LogP contribution in [0.25, 0.3) is 0 Å². The Morgan fingerprint density at radius 1 is 1.47 bits per heavy atom. The van der Waals surface area contributed by atoms with E-state index in [4.69, 9.17) is 0 Å². The Balaban J connectivity index is 2.67. The minimum absolute atomic E-state index is 0.306. The fourth-order valence-electron chi connectivity index (χ4n) is 1.13. The predicted octanol–water partition coefficient (Wildman–Crippen LogP) is -0.546. The molecule has 0 spiro atoms. The van der Waals surface area contributed by atoms with Gasteiger partial charge in [0.15, 0.2) is 5.82 Å². The van der Waals surface area contributed by atoms with Crippen LogP contribution in [-0.4, -0.2) is 56.0 Å². The summed E-state index contributed by atoms with van der Waals surface area (Å²) >= 11 is 0. The average Bonchev–Trinajstić information content (AvgIpc) is 2.50. The fraction of sp³-hybridized carbons (Fsp3) is 0.889. The molecule has 0 aliphatic rings. The zero-order valence-electron chi connectivity index (χ0n) is 9.97. The highest BCUT2D eigenvalue weighted by Gasteiger charge is 2.31. The smallest absolute Gasteiger partial charge is 0.177 e. The molecular formula is C9H19N5O. The van der Waals surface area contributed by atoms with Gasteiger partial charge in [0, 0.05) is 12.0 Å². The molecule has 0 aromatic carbocycles. The number of aromatic nitrogens is 4. The molecule has 1 unspecified atom stereocenters. The fourth-order valence-corrected chi connectivity index (χ4v) is 1.13. The van der Waals surface area contributed by atoms with Crippen LogP contribution in [0.1, 0.15) is 19.7 Å². The normalized spacial score (nSPS) is 14.6. The maximum Gasteiger partial charge on any atom is 0.177 e. The number of aliphatic hydroxyl groups is 1. The number of aliphatic hydroxyl groups excluding tert-OH is 1. The molecule has 6 nitrogen and oxygen atoms in total. The minimum atomic E-state index is -0.517. The molecule has 6 heteroatoms. The monoisotopic (exact) mass is 213 g/mol. The van der Waals surface area contributed by atoms with Gasteiger partial charge < -0.3 is 10.0 Å². The molecule has 1 heterocycles. The van der Waals surface area contributed by atoms with Crippen LogP contribution in [0.2, 0.25) is 0 Å². The Hall–Kier alpha value is -1.01. The Morgan fingerprint density at radius 2 is 2.07 bits per heavy atom. The lowest BCUT2D eigenvalue weighted by atomic mass is 9.93. The first kappa shape index (κ1) is 12.1.